The van der Waals surface area contributed by atoms with Crippen LogP contribution in [0.4, 0.5) is 5.13 Å². The van der Waals surface area contributed by atoms with E-state index < -0.39 is 6.04 Å². The van der Waals surface area contributed by atoms with Crippen molar-refractivity contribution >= 4 is 51.6 Å². The lowest BCUT2D eigenvalue weighted by Crippen LogP contribution is -2.44. The number of nitrogens with one attached hydrogen (secondary N) is 2. The number of benzene rings is 1. The predicted octanol–water partition coefficient (Wildman–Crippen LogP) is 2.99. The third-order valence-corrected chi connectivity index (χ3v) is 4.83. The SMILES string of the molecule is CSCCC(NC(=O)c1ccccc1Cl)C(=O)Nc1nnc(C)s1. The molecule has 0 fully saturated rings. The molecule has 128 valence electrons. The van der Waals surface area contributed by atoms with Crippen molar-refractivity contribution in [3.63, 3.8) is 0 Å². The quantitative estimate of drug-likeness (QED) is 0.766. The maximum absolute atomic E-state index is 12.5. The first-order valence-corrected chi connectivity index (χ1v) is 9.75. The molecule has 0 saturated heterocycles. The second-order valence-corrected chi connectivity index (χ2v) is 7.48. The van der Waals surface area contributed by atoms with E-state index in [9.17, 15) is 9.59 Å². The molecule has 24 heavy (non-hydrogen) atoms. The average Bonchev–Trinajstić information content (AvgIpc) is 2.96. The molecule has 0 aliphatic heterocycles. The summed E-state index contributed by atoms with van der Waals surface area (Å²) in [6.07, 6.45) is 2.44. The molecule has 2 N–H and O–H groups in total. The molecule has 0 saturated carbocycles. The first-order valence-electron chi connectivity index (χ1n) is 7.16. The molecule has 1 atom stereocenters. The first-order chi connectivity index (χ1) is 11.5. The monoisotopic (exact) mass is 384 g/mol. The van der Waals surface area contributed by atoms with Crippen molar-refractivity contribution < 1.29 is 9.59 Å². The number of nitrogens with zero attached hydrogens (tertiary/aromatic N) is 2. The van der Waals surface area contributed by atoms with Gasteiger partial charge in [0.2, 0.25) is 11.0 Å². The van der Waals surface area contributed by atoms with E-state index in [1.165, 1.54) is 11.3 Å². The van der Waals surface area contributed by atoms with Crippen LogP contribution in [-0.2, 0) is 4.79 Å². The highest BCUT2D eigenvalue weighted by molar-refractivity contribution is 7.98. The van der Waals surface area contributed by atoms with Crippen LogP contribution in [0.3, 0.4) is 0 Å². The highest BCUT2D eigenvalue weighted by atomic mass is 35.5. The molecule has 6 nitrogen and oxygen atoms in total. The summed E-state index contributed by atoms with van der Waals surface area (Å²) in [5, 5.41) is 14.7. The molecule has 0 spiro atoms. The third-order valence-electron chi connectivity index (χ3n) is 3.11. The van der Waals surface area contributed by atoms with Crippen molar-refractivity contribution in [2.45, 2.75) is 19.4 Å². The van der Waals surface area contributed by atoms with E-state index in [4.69, 9.17) is 11.6 Å². The summed E-state index contributed by atoms with van der Waals surface area (Å²) in [5.41, 5.74) is 0.341. The second-order valence-electron chi connectivity index (χ2n) is 4.90. The van der Waals surface area contributed by atoms with Crippen LogP contribution in [0.15, 0.2) is 24.3 Å². The Morgan fingerprint density at radius 3 is 2.71 bits per heavy atom. The molecule has 0 aliphatic rings. The summed E-state index contributed by atoms with van der Waals surface area (Å²) in [6, 6.07) is 6.05. The van der Waals surface area contributed by atoms with Gasteiger partial charge in [0.15, 0.2) is 0 Å². The van der Waals surface area contributed by atoms with Crippen molar-refractivity contribution in [2.75, 3.05) is 17.3 Å². The number of aryl methyl sites for hydroxylation is 1. The minimum absolute atomic E-state index is 0.319. The van der Waals surface area contributed by atoms with E-state index in [0.717, 1.165) is 10.8 Å². The van der Waals surface area contributed by atoms with Gasteiger partial charge < -0.3 is 5.32 Å². The zero-order chi connectivity index (χ0) is 17.5. The number of rotatable bonds is 7. The number of hydrogen-bond acceptors (Lipinski definition) is 6. The van der Waals surface area contributed by atoms with Crippen molar-refractivity contribution in [3.8, 4) is 0 Å². The van der Waals surface area contributed by atoms with Gasteiger partial charge in [-0.15, -0.1) is 10.2 Å². The molecular formula is C15H17ClN4O2S2. The molecule has 2 aromatic rings. The molecule has 1 unspecified atom stereocenters. The standard InChI is InChI=1S/C15H17ClN4O2S2/c1-9-19-20-15(24-9)18-14(22)12(7-8-23-2)17-13(21)10-5-3-4-6-11(10)16/h3-6,12H,7-8H2,1-2H3,(H,17,21)(H,18,20,22). The van der Waals surface area contributed by atoms with Crippen molar-refractivity contribution in [3.05, 3.63) is 39.9 Å². The molecule has 0 aliphatic carbocycles. The molecule has 1 aromatic heterocycles. The minimum Gasteiger partial charge on any atom is -0.340 e. The Morgan fingerprint density at radius 1 is 1.33 bits per heavy atom. The number of amides is 2. The molecular weight excluding hydrogens is 368 g/mol. The second kappa shape index (κ2) is 9.00. The maximum Gasteiger partial charge on any atom is 0.253 e. The lowest BCUT2D eigenvalue weighted by atomic mass is 10.1. The third kappa shape index (κ3) is 5.19. The zero-order valence-corrected chi connectivity index (χ0v) is 15.6. The van der Waals surface area contributed by atoms with E-state index >= 15 is 0 Å². The summed E-state index contributed by atoms with van der Waals surface area (Å²) in [6.45, 7) is 1.80. The smallest absolute Gasteiger partial charge is 0.253 e. The van der Waals surface area contributed by atoms with E-state index in [0.29, 0.717) is 22.1 Å². The Balaban J connectivity index is 2.08. The average molecular weight is 385 g/mol. The van der Waals surface area contributed by atoms with Crippen LogP contribution in [0, 0.1) is 6.92 Å². The number of aromatic nitrogens is 2. The highest BCUT2D eigenvalue weighted by Gasteiger charge is 2.23. The largest absolute Gasteiger partial charge is 0.340 e. The number of thioether (sulfide) groups is 1. The fourth-order valence-corrected chi connectivity index (χ4v) is 3.21. The van der Waals surface area contributed by atoms with Crippen molar-refractivity contribution in [1.82, 2.24) is 15.5 Å². The fourth-order valence-electron chi connectivity index (χ4n) is 1.93. The number of hydrogen-bond donors (Lipinski definition) is 2. The number of halogens is 1. The van der Waals surface area contributed by atoms with Gasteiger partial charge in [0.25, 0.3) is 5.91 Å². The first kappa shape index (κ1) is 18.7. The van der Waals surface area contributed by atoms with Crippen LogP contribution in [-0.4, -0.2) is 40.1 Å². The molecule has 2 rings (SSSR count). The zero-order valence-electron chi connectivity index (χ0n) is 13.2. The minimum atomic E-state index is -0.676. The topological polar surface area (TPSA) is 84.0 Å². The summed E-state index contributed by atoms with van der Waals surface area (Å²) >= 11 is 8.92. The van der Waals surface area contributed by atoms with Crippen LogP contribution in [0.2, 0.25) is 5.02 Å². The van der Waals surface area contributed by atoms with E-state index in [-0.39, 0.29) is 11.8 Å². The molecule has 1 aromatic carbocycles. The van der Waals surface area contributed by atoms with Gasteiger partial charge in [-0.1, -0.05) is 35.1 Å². The normalized spacial score (nSPS) is 11.8. The van der Waals surface area contributed by atoms with Gasteiger partial charge in [0.05, 0.1) is 10.6 Å². The van der Waals surface area contributed by atoms with Crippen molar-refractivity contribution in [1.29, 1.82) is 0 Å². The van der Waals surface area contributed by atoms with Crippen molar-refractivity contribution in [2.24, 2.45) is 0 Å². The van der Waals surface area contributed by atoms with Gasteiger partial charge in [-0.3, -0.25) is 14.9 Å². The van der Waals surface area contributed by atoms with Gasteiger partial charge in [-0.25, -0.2) is 0 Å². The van der Waals surface area contributed by atoms with Crippen LogP contribution in [0.1, 0.15) is 21.8 Å². The maximum atomic E-state index is 12.5. The molecule has 9 heteroatoms. The van der Waals surface area contributed by atoms with E-state index in [1.807, 2.05) is 6.26 Å². The lowest BCUT2D eigenvalue weighted by molar-refractivity contribution is -0.118. The molecule has 0 bridgehead atoms. The molecule has 0 radical (unpaired) electrons. The van der Waals surface area contributed by atoms with Crippen LogP contribution >= 0.6 is 34.7 Å². The Hall–Kier alpha value is -1.64. The Morgan fingerprint density at radius 2 is 2.08 bits per heavy atom. The Kier molecular flexibility index (Phi) is 7.01. The van der Waals surface area contributed by atoms with Gasteiger partial charge in [0, 0.05) is 0 Å². The number of carbonyl (C=O) groups excluding carboxylic acids is 2. The summed E-state index contributed by atoms with van der Waals surface area (Å²) in [5.74, 6) is 0.0339. The lowest BCUT2D eigenvalue weighted by Gasteiger charge is -2.17. The fraction of sp³-hybridized carbons (Fsp3) is 0.333. The number of anilines is 1. The van der Waals surface area contributed by atoms with Crippen LogP contribution in [0.25, 0.3) is 0 Å². The Bertz CT molecular complexity index is 723. The summed E-state index contributed by atoms with van der Waals surface area (Å²) in [4.78, 5) is 24.8. The molecule has 1 heterocycles. The van der Waals surface area contributed by atoms with E-state index in [2.05, 4.69) is 20.8 Å². The van der Waals surface area contributed by atoms with Gasteiger partial charge >= 0.3 is 0 Å². The van der Waals surface area contributed by atoms with Gasteiger partial charge in [0.1, 0.15) is 11.0 Å². The summed E-state index contributed by atoms with van der Waals surface area (Å²) < 4.78 is 0. The van der Waals surface area contributed by atoms with E-state index in [1.54, 1.807) is 43.0 Å². The molecule has 2 amide bonds. The van der Waals surface area contributed by atoms with Crippen LogP contribution in [0.5, 0.6) is 0 Å². The predicted molar refractivity (Wildman–Crippen MR) is 99.0 cm³/mol. The summed E-state index contributed by atoms with van der Waals surface area (Å²) in [7, 11) is 0. The van der Waals surface area contributed by atoms with Gasteiger partial charge in [-0.2, -0.15) is 11.8 Å². The number of carbonyl (C=O) groups is 2. The highest BCUT2D eigenvalue weighted by Crippen LogP contribution is 2.17. The van der Waals surface area contributed by atoms with Gasteiger partial charge in [-0.05, 0) is 37.5 Å². The van der Waals surface area contributed by atoms with Crippen LogP contribution < -0.4 is 10.6 Å². The Labute approximate surface area is 153 Å².